The second kappa shape index (κ2) is 6.02. The van der Waals surface area contributed by atoms with E-state index in [1.54, 1.807) is 13.2 Å². The molecule has 0 saturated carbocycles. The van der Waals surface area contributed by atoms with E-state index in [4.69, 9.17) is 16.3 Å². The van der Waals surface area contributed by atoms with Crippen molar-refractivity contribution >= 4 is 35.0 Å². The highest BCUT2D eigenvalue weighted by atomic mass is 35.5. The molecule has 5 rings (SSSR count). The molecule has 28 heavy (non-hydrogen) atoms. The first-order valence-corrected chi connectivity index (χ1v) is 10.0. The molecule has 148 valence electrons. The number of carbonyl (C=O) groups is 3. The Labute approximate surface area is 167 Å². The number of likely N-dealkylation sites (tertiary alicyclic amines) is 1. The van der Waals surface area contributed by atoms with Gasteiger partial charge in [-0.2, -0.15) is 0 Å². The van der Waals surface area contributed by atoms with Crippen LogP contribution in [0.1, 0.15) is 24.0 Å². The molecule has 8 heteroatoms. The van der Waals surface area contributed by atoms with Crippen molar-refractivity contribution in [2.24, 2.45) is 11.8 Å². The Balaban J connectivity index is 1.70. The number of hydrogen-bond donors (Lipinski definition) is 1. The number of nitrogens with zero attached hydrogens (tertiary/aromatic N) is 2. The van der Waals surface area contributed by atoms with Crippen LogP contribution in [-0.4, -0.2) is 60.4 Å². The van der Waals surface area contributed by atoms with Crippen LogP contribution in [-0.2, 0) is 24.7 Å². The Kier molecular flexibility index (Phi) is 3.89. The molecule has 4 heterocycles. The average molecular weight is 404 g/mol. The molecule has 4 aliphatic rings. The van der Waals surface area contributed by atoms with Crippen LogP contribution >= 0.6 is 11.6 Å². The summed E-state index contributed by atoms with van der Waals surface area (Å²) in [7, 11) is 1.54. The molecule has 3 amide bonds. The predicted octanol–water partition coefficient (Wildman–Crippen LogP) is 1.52. The molecule has 4 atom stereocenters. The fourth-order valence-electron chi connectivity index (χ4n) is 5.85. The molecule has 0 aliphatic carbocycles. The maximum atomic E-state index is 13.5. The van der Waals surface area contributed by atoms with Crippen molar-refractivity contribution in [2.45, 2.75) is 31.3 Å². The maximum absolute atomic E-state index is 13.5. The summed E-state index contributed by atoms with van der Waals surface area (Å²) in [6, 6.07) is 3.53. The van der Waals surface area contributed by atoms with Crippen molar-refractivity contribution in [3.05, 3.63) is 28.3 Å². The number of ether oxygens (including phenoxy) is 1. The van der Waals surface area contributed by atoms with Gasteiger partial charge in [0, 0.05) is 23.7 Å². The highest BCUT2D eigenvalue weighted by Gasteiger charge is 2.74. The number of nitrogens with one attached hydrogen (secondary N) is 1. The fourth-order valence-corrected chi connectivity index (χ4v) is 6.01. The van der Waals surface area contributed by atoms with Crippen LogP contribution in [0.4, 0.5) is 5.69 Å². The van der Waals surface area contributed by atoms with Crippen LogP contribution in [0.5, 0.6) is 0 Å². The van der Waals surface area contributed by atoms with Crippen LogP contribution in [0.15, 0.2) is 12.1 Å². The summed E-state index contributed by atoms with van der Waals surface area (Å²) in [5.74, 6) is -1.85. The molecule has 0 bridgehead atoms. The Morgan fingerprint density at radius 1 is 1.29 bits per heavy atom. The van der Waals surface area contributed by atoms with Crippen molar-refractivity contribution < 1.29 is 19.1 Å². The second-order valence-corrected chi connectivity index (χ2v) is 8.45. The summed E-state index contributed by atoms with van der Waals surface area (Å²) in [5, 5.41) is 3.55. The number of imide groups is 1. The first-order chi connectivity index (χ1) is 13.4. The van der Waals surface area contributed by atoms with Crippen LogP contribution in [0.2, 0.25) is 5.02 Å². The van der Waals surface area contributed by atoms with Crippen LogP contribution in [0.25, 0.3) is 0 Å². The monoisotopic (exact) mass is 403 g/mol. The predicted molar refractivity (Wildman–Crippen MR) is 102 cm³/mol. The van der Waals surface area contributed by atoms with E-state index in [-0.39, 0.29) is 36.9 Å². The van der Waals surface area contributed by atoms with E-state index >= 15 is 0 Å². The minimum atomic E-state index is -1.13. The number of hydrogen-bond acceptors (Lipinski definition) is 5. The van der Waals surface area contributed by atoms with Crippen LogP contribution in [0.3, 0.4) is 0 Å². The van der Waals surface area contributed by atoms with E-state index < -0.39 is 17.4 Å². The Morgan fingerprint density at radius 2 is 2.07 bits per heavy atom. The molecule has 3 fully saturated rings. The molecule has 0 radical (unpaired) electrons. The zero-order valence-corrected chi connectivity index (χ0v) is 16.6. The van der Waals surface area contributed by atoms with Crippen molar-refractivity contribution in [3.8, 4) is 0 Å². The lowest BCUT2D eigenvalue weighted by Gasteiger charge is -2.36. The number of carbonyl (C=O) groups excluding carboxylic acids is 3. The van der Waals surface area contributed by atoms with E-state index in [9.17, 15) is 14.4 Å². The van der Waals surface area contributed by atoms with E-state index in [1.807, 2.05) is 13.0 Å². The number of anilines is 1. The van der Waals surface area contributed by atoms with Crippen molar-refractivity contribution in [1.29, 1.82) is 0 Å². The number of rotatable bonds is 3. The lowest BCUT2D eigenvalue weighted by molar-refractivity contribution is -0.146. The largest absolute Gasteiger partial charge is 0.383 e. The number of benzene rings is 1. The third-order valence-corrected chi connectivity index (χ3v) is 7.38. The molecule has 0 aromatic heterocycles. The van der Waals surface area contributed by atoms with Gasteiger partial charge in [-0.05, 0) is 37.9 Å². The minimum absolute atomic E-state index is 0.0957. The summed E-state index contributed by atoms with van der Waals surface area (Å²) >= 11 is 6.28. The third-order valence-electron chi connectivity index (χ3n) is 6.97. The molecule has 1 aromatic carbocycles. The molecule has 3 saturated heterocycles. The molecule has 4 unspecified atom stereocenters. The smallest absolute Gasteiger partial charge is 0.250 e. The molecule has 1 aromatic rings. The van der Waals surface area contributed by atoms with Gasteiger partial charge in [-0.3, -0.25) is 24.2 Å². The Bertz CT molecular complexity index is 919. The van der Waals surface area contributed by atoms with Crippen molar-refractivity contribution in [2.75, 3.05) is 32.1 Å². The number of fused-ring (bicyclic) bond motifs is 7. The van der Waals surface area contributed by atoms with E-state index in [2.05, 4.69) is 10.2 Å². The quantitative estimate of drug-likeness (QED) is 0.774. The Morgan fingerprint density at radius 3 is 2.82 bits per heavy atom. The van der Waals surface area contributed by atoms with Gasteiger partial charge in [-0.25, -0.2) is 0 Å². The molecule has 4 aliphatic heterocycles. The first kappa shape index (κ1) is 18.1. The number of amides is 3. The molecule has 1 spiro atoms. The maximum Gasteiger partial charge on any atom is 0.250 e. The Hall–Kier alpha value is -1.96. The van der Waals surface area contributed by atoms with Crippen LogP contribution < -0.4 is 5.32 Å². The second-order valence-electron chi connectivity index (χ2n) is 8.04. The topological polar surface area (TPSA) is 79.0 Å². The normalized spacial score (nSPS) is 33.6. The summed E-state index contributed by atoms with van der Waals surface area (Å²) in [6.07, 6.45) is 1.72. The van der Waals surface area contributed by atoms with Crippen LogP contribution in [0, 0.1) is 18.8 Å². The van der Waals surface area contributed by atoms with E-state index in [1.165, 1.54) is 4.90 Å². The molecule has 7 nitrogen and oxygen atoms in total. The standard InChI is InChI=1S/C20H22ClN3O4/c1-10-12(21)6-5-11-16(10)22-19(27)20(11)15-14(13-4-3-7-24(13)20)17(25)23(18(15)26)8-9-28-2/h5-6,13-15H,3-4,7-9H2,1-2H3,(H,22,27). The van der Waals surface area contributed by atoms with Gasteiger partial charge in [0.05, 0.1) is 30.7 Å². The van der Waals surface area contributed by atoms with Gasteiger partial charge in [0.15, 0.2) is 0 Å². The van der Waals surface area contributed by atoms with Gasteiger partial charge in [0.25, 0.3) is 0 Å². The molecular formula is C20H22ClN3O4. The summed E-state index contributed by atoms with van der Waals surface area (Å²) in [6.45, 7) is 3.07. The molecular weight excluding hydrogens is 382 g/mol. The first-order valence-electron chi connectivity index (χ1n) is 9.66. The van der Waals surface area contributed by atoms with Gasteiger partial charge in [0.1, 0.15) is 5.54 Å². The van der Waals surface area contributed by atoms with Gasteiger partial charge in [0.2, 0.25) is 17.7 Å². The summed E-state index contributed by atoms with van der Waals surface area (Å²) < 4.78 is 5.08. The van der Waals surface area contributed by atoms with Gasteiger partial charge < -0.3 is 10.1 Å². The summed E-state index contributed by atoms with van der Waals surface area (Å²) in [4.78, 5) is 43.5. The average Bonchev–Trinajstić information content (AvgIpc) is 3.37. The number of methoxy groups -OCH3 is 1. The number of halogens is 1. The minimum Gasteiger partial charge on any atom is -0.383 e. The van der Waals surface area contributed by atoms with Gasteiger partial charge >= 0.3 is 0 Å². The fraction of sp³-hybridized carbons (Fsp3) is 0.550. The van der Waals surface area contributed by atoms with Crippen molar-refractivity contribution in [3.63, 3.8) is 0 Å². The van der Waals surface area contributed by atoms with Gasteiger partial charge in [-0.1, -0.05) is 17.7 Å². The summed E-state index contributed by atoms with van der Waals surface area (Å²) in [5.41, 5.74) is 1.11. The zero-order chi connectivity index (χ0) is 19.8. The lowest BCUT2D eigenvalue weighted by Crippen LogP contribution is -2.54. The van der Waals surface area contributed by atoms with Crippen molar-refractivity contribution in [1.82, 2.24) is 9.80 Å². The van der Waals surface area contributed by atoms with Gasteiger partial charge in [-0.15, -0.1) is 0 Å². The van der Waals surface area contributed by atoms with E-state index in [0.29, 0.717) is 17.3 Å². The lowest BCUT2D eigenvalue weighted by atomic mass is 9.75. The third kappa shape index (κ3) is 1.94. The highest BCUT2D eigenvalue weighted by Crippen LogP contribution is 2.60. The highest BCUT2D eigenvalue weighted by molar-refractivity contribution is 6.32. The SMILES string of the molecule is COCCN1C(=O)C2C3CCCN3C3(C(=O)Nc4c3ccc(Cl)c4C)C2C1=O. The zero-order valence-electron chi connectivity index (χ0n) is 15.8. The molecule has 1 N–H and O–H groups in total. The van der Waals surface area contributed by atoms with E-state index in [0.717, 1.165) is 24.0 Å².